The molecule has 2 aliphatic carbocycles. The highest BCUT2D eigenvalue weighted by Crippen LogP contribution is 2.31. The van der Waals surface area contributed by atoms with Gasteiger partial charge in [0.05, 0.1) is 17.1 Å². The monoisotopic (exact) mass is 815 g/mol. The molecule has 0 unspecified atom stereocenters. The molecule has 11 nitrogen and oxygen atoms in total. The predicted octanol–water partition coefficient (Wildman–Crippen LogP) is 10.8. The van der Waals surface area contributed by atoms with Gasteiger partial charge in [-0.1, -0.05) is 30.4 Å². The lowest BCUT2D eigenvalue weighted by atomic mass is 10.0. The van der Waals surface area contributed by atoms with E-state index >= 15 is 0 Å². The van der Waals surface area contributed by atoms with Crippen LogP contribution in [0.15, 0.2) is 128 Å². The van der Waals surface area contributed by atoms with Crippen LogP contribution in [-0.2, 0) is 12.8 Å². The minimum atomic E-state index is 0.742. The normalized spacial score (nSPS) is 15.4. The summed E-state index contributed by atoms with van der Waals surface area (Å²) in [4.78, 5) is 28.4. The van der Waals surface area contributed by atoms with E-state index in [9.17, 15) is 0 Å². The maximum absolute atomic E-state index is 4.95. The number of nitrogens with one attached hydrogen (secondary N) is 2. The fraction of sp³-hybridized carbons (Fsp3) is 0.235. The molecular formula is C51H49N11. The molecular weight excluding hydrogens is 767 g/mol. The van der Waals surface area contributed by atoms with Crippen LogP contribution in [0, 0.1) is 0 Å². The van der Waals surface area contributed by atoms with Crippen molar-refractivity contribution in [2.24, 2.45) is 0 Å². The van der Waals surface area contributed by atoms with Crippen LogP contribution in [0.2, 0.25) is 0 Å². The molecule has 0 amide bonds. The highest BCUT2D eigenvalue weighted by atomic mass is 15.1. The summed E-state index contributed by atoms with van der Waals surface area (Å²) in [5.41, 5.74) is 15.2. The second-order valence-corrected chi connectivity index (χ2v) is 16.6. The summed E-state index contributed by atoms with van der Waals surface area (Å²) in [6, 6.07) is 26.1. The SMILES string of the molecule is C1=Cc2ccc(-c3cn4ccnc4c(Nc4ccc(N5CCCCC5)cc4)n3)cc2C1.C1=Cc2ncc(-c3cn4ccnc4c(Nc4ccc(N5CCCCC5)cc4)n3)cc2C1. The van der Waals surface area contributed by atoms with Gasteiger partial charge in [0, 0.05) is 103 Å². The average molecular weight is 816 g/mol. The Balaban J connectivity index is 0.000000139. The first kappa shape index (κ1) is 37.7. The summed E-state index contributed by atoms with van der Waals surface area (Å²) in [6.07, 6.45) is 31.9. The van der Waals surface area contributed by atoms with Crippen LogP contribution in [-0.4, -0.2) is 59.9 Å². The number of rotatable bonds is 8. The quantitative estimate of drug-likeness (QED) is 0.155. The molecule has 2 aliphatic heterocycles. The van der Waals surface area contributed by atoms with E-state index in [1.165, 1.54) is 66.6 Å². The van der Waals surface area contributed by atoms with Crippen LogP contribution in [0.25, 0.3) is 46.0 Å². The Labute approximate surface area is 361 Å². The van der Waals surface area contributed by atoms with Crippen LogP contribution >= 0.6 is 0 Å². The molecule has 3 aromatic carbocycles. The Kier molecular flexibility index (Phi) is 10.1. The number of aromatic nitrogens is 7. The molecule has 2 saturated heterocycles. The fourth-order valence-electron chi connectivity index (χ4n) is 9.09. The largest absolute Gasteiger partial charge is 0.372 e. The topological polar surface area (TPSA) is 104 Å². The Morgan fingerprint density at radius 1 is 0.500 bits per heavy atom. The minimum absolute atomic E-state index is 0.742. The molecule has 2 fully saturated rings. The number of anilines is 6. The molecule has 5 aromatic heterocycles. The lowest BCUT2D eigenvalue weighted by Crippen LogP contribution is -2.29. The standard InChI is InChI=1S/C26H25N5.C25H24N6/c1-2-14-30(15-3-1)23-11-9-22(10-12-23)28-25-26-27-13-16-31(26)18-24(29-25)21-8-7-19-5-4-6-20(19)17-21;1-2-12-30(13-3-1)21-9-7-20(8-10-21)28-24-25-26-11-14-31(25)17-23(29-24)19-15-18-5-4-6-22(18)27-16-19/h4-5,7-13,16-18H,1-3,6,14-15H2,(H,28,29);4,6-11,14-17H,1-3,5,12-13H2,(H,28,29). The van der Waals surface area contributed by atoms with E-state index in [2.05, 4.69) is 139 Å². The van der Waals surface area contributed by atoms with E-state index in [1.54, 1.807) is 6.20 Å². The third kappa shape index (κ3) is 7.77. The molecule has 0 bridgehead atoms. The Morgan fingerprint density at radius 2 is 1.03 bits per heavy atom. The third-order valence-electron chi connectivity index (χ3n) is 12.4. The Hall–Kier alpha value is -7.27. The number of hydrogen-bond donors (Lipinski definition) is 2. The van der Waals surface area contributed by atoms with Gasteiger partial charge in [0.15, 0.2) is 22.9 Å². The van der Waals surface area contributed by atoms with Gasteiger partial charge in [-0.2, -0.15) is 0 Å². The van der Waals surface area contributed by atoms with Crippen molar-refractivity contribution in [3.63, 3.8) is 0 Å². The van der Waals surface area contributed by atoms with Gasteiger partial charge in [0.2, 0.25) is 0 Å². The van der Waals surface area contributed by atoms with Gasteiger partial charge >= 0.3 is 0 Å². The maximum atomic E-state index is 4.95. The summed E-state index contributed by atoms with van der Waals surface area (Å²) in [5.74, 6) is 1.51. The Morgan fingerprint density at radius 3 is 1.63 bits per heavy atom. The van der Waals surface area contributed by atoms with Crippen LogP contribution in [0.1, 0.15) is 60.9 Å². The van der Waals surface area contributed by atoms with Crippen molar-refractivity contribution in [3.8, 4) is 22.5 Å². The van der Waals surface area contributed by atoms with E-state index in [0.29, 0.717) is 0 Å². The number of benzene rings is 3. The van der Waals surface area contributed by atoms with E-state index in [1.807, 2.05) is 39.8 Å². The summed E-state index contributed by atoms with van der Waals surface area (Å²) in [5, 5.41) is 6.98. The fourth-order valence-corrected chi connectivity index (χ4v) is 9.09. The second kappa shape index (κ2) is 16.6. The maximum Gasteiger partial charge on any atom is 0.180 e. The summed E-state index contributed by atoms with van der Waals surface area (Å²) >= 11 is 0. The molecule has 0 saturated carbocycles. The van der Waals surface area contributed by atoms with Gasteiger partial charge in [0.25, 0.3) is 0 Å². The van der Waals surface area contributed by atoms with Crippen molar-refractivity contribution in [2.45, 2.75) is 51.4 Å². The smallest absolute Gasteiger partial charge is 0.180 e. The molecule has 308 valence electrons. The molecule has 8 aromatic rings. The van der Waals surface area contributed by atoms with E-state index in [-0.39, 0.29) is 0 Å². The summed E-state index contributed by atoms with van der Waals surface area (Å²) in [7, 11) is 0. The van der Waals surface area contributed by atoms with Crippen molar-refractivity contribution in [1.82, 2.24) is 33.7 Å². The van der Waals surface area contributed by atoms with Crippen molar-refractivity contribution in [3.05, 3.63) is 151 Å². The van der Waals surface area contributed by atoms with E-state index < -0.39 is 0 Å². The number of hydrogen-bond acceptors (Lipinski definition) is 9. The number of imidazole rings is 2. The highest BCUT2D eigenvalue weighted by molar-refractivity contribution is 5.77. The molecule has 4 aliphatic rings. The molecule has 7 heterocycles. The second-order valence-electron chi connectivity index (χ2n) is 16.6. The molecule has 62 heavy (non-hydrogen) atoms. The van der Waals surface area contributed by atoms with Crippen LogP contribution < -0.4 is 20.4 Å². The zero-order valence-electron chi connectivity index (χ0n) is 34.8. The zero-order valence-corrected chi connectivity index (χ0v) is 34.8. The van der Waals surface area contributed by atoms with E-state index in [4.69, 9.17) is 9.97 Å². The van der Waals surface area contributed by atoms with Gasteiger partial charge in [-0.15, -0.1) is 0 Å². The van der Waals surface area contributed by atoms with Crippen LogP contribution in [0.4, 0.5) is 34.4 Å². The lowest BCUT2D eigenvalue weighted by molar-refractivity contribution is 0.578. The van der Waals surface area contributed by atoms with Gasteiger partial charge in [-0.25, -0.2) is 19.9 Å². The third-order valence-corrected chi connectivity index (χ3v) is 12.4. The highest BCUT2D eigenvalue weighted by Gasteiger charge is 2.17. The van der Waals surface area contributed by atoms with Crippen molar-refractivity contribution >= 4 is 57.8 Å². The first-order chi connectivity index (χ1) is 30.7. The van der Waals surface area contributed by atoms with Gasteiger partial charge in [0.1, 0.15) is 0 Å². The van der Waals surface area contributed by atoms with Crippen LogP contribution in [0.3, 0.4) is 0 Å². The van der Waals surface area contributed by atoms with Gasteiger partial charge in [-0.3, -0.25) is 4.98 Å². The summed E-state index contributed by atoms with van der Waals surface area (Å²) in [6.45, 7) is 4.60. The number of allylic oxidation sites excluding steroid dienone is 2. The van der Waals surface area contributed by atoms with E-state index in [0.717, 1.165) is 102 Å². The van der Waals surface area contributed by atoms with Crippen molar-refractivity contribution < 1.29 is 0 Å². The molecule has 2 N–H and O–H groups in total. The van der Waals surface area contributed by atoms with Crippen molar-refractivity contribution in [2.75, 3.05) is 46.6 Å². The molecule has 0 atom stereocenters. The number of pyridine rings is 1. The molecule has 11 heteroatoms. The molecule has 0 spiro atoms. The minimum Gasteiger partial charge on any atom is -0.372 e. The number of piperidine rings is 2. The van der Waals surface area contributed by atoms with Gasteiger partial charge in [-0.05, 0) is 135 Å². The predicted molar refractivity (Wildman–Crippen MR) is 252 cm³/mol. The molecule has 12 rings (SSSR count). The zero-order chi connectivity index (χ0) is 41.2. The first-order valence-corrected chi connectivity index (χ1v) is 22.0. The van der Waals surface area contributed by atoms with Gasteiger partial charge < -0.3 is 29.2 Å². The molecule has 0 radical (unpaired) electrons. The number of fused-ring (bicyclic) bond motifs is 4. The first-order valence-electron chi connectivity index (χ1n) is 22.0. The average Bonchev–Trinajstić information content (AvgIpc) is 4.18. The lowest BCUT2D eigenvalue weighted by Gasteiger charge is -2.28. The van der Waals surface area contributed by atoms with Crippen molar-refractivity contribution in [1.29, 1.82) is 0 Å². The summed E-state index contributed by atoms with van der Waals surface area (Å²) < 4.78 is 4.05. The van der Waals surface area contributed by atoms with Crippen LogP contribution in [0.5, 0.6) is 0 Å². The number of nitrogens with zero attached hydrogens (tertiary/aromatic N) is 9. The Bertz CT molecular complexity index is 2730.